The molecule has 134 valence electrons. The molecule has 0 saturated heterocycles. The van der Waals surface area contributed by atoms with Gasteiger partial charge >= 0.3 is 5.97 Å². The Labute approximate surface area is 157 Å². The van der Waals surface area contributed by atoms with Crippen LogP contribution in [0.3, 0.4) is 0 Å². The summed E-state index contributed by atoms with van der Waals surface area (Å²) in [5.74, 6) is -0.438. The SMILES string of the molecule is CCn1c2ccccc2c2cc(/C(=N/OC(C)=O)c3ccccc3)ccc21. The summed E-state index contributed by atoms with van der Waals surface area (Å²) in [7, 11) is 0. The molecule has 0 bridgehead atoms. The van der Waals surface area contributed by atoms with E-state index in [9.17, 15) is 4.79 Å². The number of oxime groups is 1. The molecular weight excluding hydrogens is 336 g/mol. The first-order chi connectivity index (χ1) is 13.2. The molecular formula is C23H20N2O2. The van der Waals surface area contributed by atoms with Crippen molar-refractivity contribution >= 4 is 33.5 Å². The number of aryl methyl sites for hydroxylation is 1. The second kappa shape index (κ2) is 7.08. The highest BCUT2D eigenvalue weighted by Crippen LogP contribution is 2.30. The Kier molecular flexibility index (Phi) is 4.47. The molecule has 1 heterocycles. The van der Waals surface area contributed by atoms with E-state index in [0.29, 0.717) is 5.71 Å². The van der Waals surface area contributed by atoms with Gasteiger partial charge in [0.05, 0.1) is 0 Å². The molecule has 4 nitrogen and oxygen atoms in total. The minimum Gasteiger partial charge on any atom is -0.341 e. The summed E-state index contributed by atoms with van der Waals surface area (Å²) in [6.45, 7) is 4.40. The molecule has 4 heteroatoms. The number of nitrogens with zero attached hydrogens (tertiary/aromatic N) is 2. The Balaban J connectivity index is 1.94. The van der Waals surface area contributed by atoms with Gasteiger partial charge in [-0.2, -0.15) is 0 Å². The van der Waals surface area contributed by atoms with Gasteiger partial charge in [-0.3, -0.25) is 0 Å². The molecule has 0 fully saturated rings. The molecule has 27 heavy (non-hydrogen) atoms. The van der Waals surface area contributed by atoms with Gasteiger partial charge in [0, 0.05) is 46.4 Å². The highest BCUT2D eigenvalue weighted by atomic mass is 16.7. The standard InChI is InChI=1S/C23H20N2O2/c1-3-25-21-12-8-7-11-19(21)20-15-18(13-14-22(20)25)23(24-27-16(2)26)17-9-5-4-6-10-17/h4-15H,3H2,1-2H3/b24-23+. The molecule has 0 saturated carbocycles. The maximum absolute atomic E-state index is 11.3. The third-order valence-corrected chi connectivity index (χ3v) is 4.67. The maximum Gasteiger partial charge on any atom is 0.332 e. The van der Waals surface area contributed by atoms with Crippen molar-refractivity contribution in [1.29, 1.82) is 0 Å². The molecule has 4 aromatic rings. The summed E-state index contributed by atoms with van der Waals surface area (Å²) in [5.41, 5.74) is 4.85. The van der Waals surface area contributed by atoms with Crippen LogP contribution in [0, 0.1) is 0 Å². The average molecular weight is 356 g/mol. The molecule has 0 aliphatic heterocycles. The van der Waals surface area contributed by atoms with Gasteiger partial charge in [-0.25, -0.2) is 4.79 Å². The molecule has 0 atom stereocenters. The maximum atomic E-state index is 11.3. The highest BCUT2D eigenvalue weighted by Gasteiger charge is 2.14. The first-order valence-electron chi connectivity index (χ1n) is 9.01. The van der Waals surface area contributed by atoms with Crippen molar-refractivity contribution in [1.82, 2.24) is 4.57 Å². The fourth-order valence-corrected chi connectivity index (χ4v) is 3.52. The van der Waals surface area contributed by atoms with Crippen LogP contribution < -0.4 is 0 Å². The number of carbonyl (C=O) groups excluding carboxylic acids is 1. The summed E-state index contributed by atoms with van der Waals surface area (Å²) < 4.78 is 2.31. The van der Waals surface area contributed by atoms with Crippen LogP contribution in [0.4, 0.5) is 0 Å². The summed E-state index contributed by atoms with van der Waals surface area (Å²) in [5, 5.41) is 6.51. The lowest BCUT2D eigenvalue weighted by Gasteiger charge is -2.08. The van der Waals surface area contributed by atoms with Crippen LogP contribution in [-0.2, 0) is 16.2 Å². The number of hydrogen-bond acceptors (Lipinski definition) is 3. The van der Waals surface area contributed by atoms with E-state index in [2.05, 4.69) is 53.0 Å². The zero-order valence-electron chi connectivity index (χ0n) is 15.3. The first-order valence-corrected chi connectivity index (χ1v) is 9.01. The number of carbonyl (C=O) groups is 1. The van der Waals surface area contributed by atoms with Gasteiger partial charge in [-0.05, 0) is 25.1 Å². The lowest BCUT2D eigenvalue weighted by atomic mass is 10.0. The lowest BCUT2D eigenvalue weighted by Crippen LogP contribution is -2.06. The summed E-state index contributed by atoms with van der Waals surface area (Å²) in [4.78, 5) is 16.3. The second-order valence-electron chi connectivity index (χ2n) is 6.38. The van der Waals surface area contributed by atoms with E-state index in [1.807, 2.05) is 36.4 Å². The fourth-order valence-electron chi connectivity index (χ4n) is 3.52. The van der Waals surface area contributed by atoms with Crippen molar-refractivity contribution in [3.05, 3.63) is 83.9 Å². The van der Waals surface area contributed by atoms with E-state index >= 15 is 0 Å². The number of benzene rings is 3. The molecule has 0 unspecified atom stereocenters. The van der Waals surface area contributed by atoms with Crippen LogP contribution in [0.2, 0.25) is 0 Å². The van der Waals surface area contributed by atoms with Gasteiger partial charge in [-0.15, -0.1) is 0 Å². The number of rotatable bonds is 4. The van der Waals surface area contributed by atoms with Crippen LogP contribution in [-0.4, -0.2) is 16.2 Å². The van der Waals surface area contributed by atoms with Crippen LogP contribution in [0.1, 0.15) is 25.0 Å². The van der Waals surface area contributed by atoms with Gasteiger partial charge in [0.2, 0.25) is 0 Å². The van der Waals surface area contributed by atoms with E-state index in [-0.39, 0.29) is 0 Å². The largest absolute Gasteiger partial charge is 0.341 e. The van der Waals surface area contributed by atoms with Crippen LogP contribution in [0.25, 0.3) is 21.8 Å². The van der Waals surface area contributed by atoms with E-state index in [0.717, 1.165) is 23.1 Å². The van der Waals surface area contributed by atoms with Gasteiger partial charge < -0.3 is 9.40 Å². The zero-order valence-corrected chi connectivity index (χ0v) is 15.3. The predicted octanol–water partition coefficient (Wildman–Crippen LogP) is 5.13. The predicted molar refractivity (Wildman–Crippen MR) is 109 cm³/mol. The van der Waals surface area contributed by atoms with Crippen LogP contribution in [0.5, 0.6) is 0 Å². The number of para-hydroxylation sites is 1. The quantitative estimate of drug-likeness (QED) is 0.289. The first kappa shape index (κ1) is 17.0. The van der Waals surface area contributed by atoms with Gasteiger partial charge in [0.25, 0.3) is 0 Å². The minimum absolute atomic E-state index is 0.438. The lowest BCUT2D eigenvalue weighted by molar-refractivity contribution is -0.140. The van der Waals surface area contributed by atoms with Crippen LogP contribution in [0.15, 0.2) is 78.0 Å². The number of aromatic nitrogens is 1. The van der Waals surface area contributed by atoms with Gasteiger partial charge in [0.1, 0.15) is 5.71 Å². The van der Waals surface area contributed by atoms with E-state index in [1.54, 1.807) is 0 Å². The molecule has 0 spiro atoms. The van der Waals surface area contributed by atoms with Crippen molar-refractivity contribution in [3.63, 3.8) is 0 Å². The molecule has 0 amide bonds. The monoisotopic (exact) mass is 356 g/mol. The molecule has 4 rings (SSSR count). The molecule has 0 aliphatic rings. The smallest absolute Gasteiger partial charge is 0.332 e. The van der Waals surface area contributed by atoms with E-state index in [1.165, 1.54) is 23.3 Å². The number of hydrogen-bond donors (Lipinski definition) is 0. The van der Waals surface area contributed by atoms with Crippen molar-refractivity contribution in [2.75, 3.05) is 0 Å². The summed E-state index contributed by atoms with van der Waals surface area (Å²) >= 11 is 0. The Morgan fingerprint density at radius 2 is 1.59 bits per heavy atom. The van der Waals surface area contributed by atoms with E-state index < -0.39 is 5.97 Å². The van der Waals surface area contributed by atoms with Gasteiger partial charge in [0.15, 0.2) is 0 Å². The van der Waals surface area contributed by atoms with Crippen molar-refractivity contribution in [3.8, 4) is 0 Å². The van der Waals surface area contributed by atoms with Crippen LogP contribution >= 0.6 is 0 Å². The molecule has 0 radical (unpaired) electrons. The van der Waals surface area contributed by atoms with Crippen molar-refractivity contribution in [2.45, 2.75) is 20.4 Å². The fraction of sp³-hybridized carbons (Fsp3) is 0.130. The molecule has 1 aromatic heterocycles. The molecule has 0 aliphatic carbocycles. The zero-order chi connectivity index (χ0) is 18.8. The Bertz CT molecular complexity index is 1160. The second-order valence-corrected chi connectivity index (χ2v) is 6.38. The average Bonchev–Trinajstić information content (AvgIpc) is 3.02. The Morgan fingerprint density at radius 3 is 2.33 bits per heavy atom. The normalized spacial score (nSPS) is 11.9. The topological polar surface area (TPSA) is 43.6 Å². The Morgan fingerprint density at radius 1 is 0.889 bits per heavy atom. The Hall–Kier alpha value is -3.40. The minimum atomic E-state index is -0.438. The highest BCUT2D eigenvalue weighted by molar-refractivity contribution is 6.16. The molecule has 3 aromatic carbocycles. The van der Waals surface area contributed by atoms with Crippen molar-refractivity contribution < 1.29 is 9.63 Å². The number of fused-ring (bicyclic) bond motifs is 3. The third kappa shape index (κ3) is 3.10. The third-order valence-electron chi connectivity index (χ3n) is 4.67. The van der Waals surface area contributed by atoms with E-state index in [4.69, 9.17) is 4.84 Å². The van der Waals surface area contributed by atoms with Gasteiger partial charge in [-0.1, -0.05) is 59.8 Å². The summed E-state index contributed by atoms with van der Waals surface area (Å²) in [6.07, 6.45) is 0. The molecule has 0 N–H and O–H groups in total. The van der Waals surface area contributed by atoms with Crippen molar-refractivity contribution in [2.24, 2.45) is 5.16 Å². The summed E-state index contributed by atoms with van der Waals surface area (Å²) in [6, 6.07) is 24.4.